The lowest BCUT2D eigenvalue weighted by molar-refractivity contribution is -0.117. The molecule has 1 saturated heterocycles. The van der Waals surface area contributed by atoms with Crippen molar-refractivity contribution in [2.75, 3.05) is 13.1 Å². The number of carbonyl (C=O) groups excluding carboxylic acids is 1. The maximum absolute atomic E-state index is 12.0. The molecule has 4 nitrogen and oxygen atoms in total. The molecular formula is C14H22N2O2. The van der Waals surface area contributed by atoms with Crippen LogP contribution in [0.2, 0.25) is 0 Å². The number of Topliss-reactive ketones (excluding diaryl/α,β-unsaturated/α-hetero) is 1. The Morgan fingerprint density at radius 3 is 2.50 bits per heavy atom. The van der Waals surface area contributed by atoms with Crippen LogP contribution in [0.1, 0.15) is 46.0 Å². The van der Waals surface area contributed by atoms with E-state index in [9.17, 15) is 9.90 Å². The Morgan fingerprint density at radius 2 is 1.89 bits per heavy atom. The Morgan fingerprint density at radius 1 is 1.22 bits per heavy atom. The Kier molecular flexibility index (Phi) is 3.73. The van der Waals surface area contributed by atoms with E-state index in [1.54, 1.807) is 6.21 Å². The van der Waals surface area contributed by atoms with Gasteiger partial charge in [0.05, 0.1) is 11.8 Å². The molecule has 0 radical (unpaired) electrons. The number of allylic oxidation sites excluding steroid dienone is 2. The lowest BCUT2D eigenvalue weighted by Crippen LogP contribution is -2.28. The van der Waals surface area contributed by atoms with Gasteiger partial charge in [0, 0.05) is 25.9 Å². The molecule has 4 heteroatoms. The molecule has 0 saturated carbocycles. The average molecular weight is 250 g/mol. The highest BCUT2D eigenvalue weighted by atomic mass is 16.3. The van der Waals surface area contributed by atoms with Crippen molar-refractivity contribution in [3.63, 3.8) is 0 Å². The minimum absolute atomic E-state index is 0.00418. The van der Waals surface area contributed by atoms with E-state index >= 15 is 0 Å². The lowest BCUT2D eigenvalue weighted by Gasteiger charge is -2.29. The number of rotatable bonds is 2. The van der Waals surface area contributed by atoms with Gasteiger partial charge in [-0.15, -0.1) is 0 Å². The second-order valence-corrected chi connectivity index (χ2v) is 6.06. The van der Waals surface area contributed by atoms with Crippen LogP contribution in [-0.2, 0) is 4.79 Å². The number of carbonyl (C=O) groups is 1. The fourth-order valence-corrected chi connectivity index (χ4v) is 2.58. The van der Waals surface area contributed by atoms with Gasteiger partial charge in [-0.25, -0.2) is 0 Å². The number of aliphatic hydroxyl groups is 1. The van der Waals surface area contributed by atoms with E-state index in [0.29, 0.717) is 18.4 Å². The lowest BCUT2D eigenvalue weighted by atomic mass is 9.77. The molecule has 1 heterocycles. The third-order valence-corrected chi connectivity index (χ3v) is 3.58. The van der Waals surface area contributed by atoms with Crippen LogP contribution in [0.15, 0.2) is 16.4 Å². The third kappa shape index (κ3) is 3.12. The van der Waals surface area contributed by atoms with Crippen LogP contribution >= 0.6 is 0 Å². The van der Waals surface area contributed by atoms with Crippen molar-refractivity contribution >= 4 is 12.0 Å². The van der Waals surface area contributed by atoms with E-state index in [1.165, 1.54) is 6.42 Å². The Hall–Kier alpha value is -1.32. The highest BCUT2D eigenvalue weighted by molar-refractivity contribution is 6.14. The van der Waals surface area contributed by atoms with Crippen LogP contribution in [-0.4, -0.2) is 35.2 Å². The molecule has 0 amide bonds. The molecule has 0 atom stereocenters. The van der Waals surface area contributed by atoms with Crippen LogP contribution in [0.4, 0.5) is 0 Å². The van der Waals surface area contributed by atoms with E-state index < -0.39 is 0 Å². The average Bonchev–Trinajstić information content (AvgIpc) is 2.27. The topological polar surface area (TPSA) is 52.9 Å². The fourth-order valence-electron chi connectivity index (χ4n) is 2.58. The second-order valence-electron chi connectivity index (χ2n) is 6.06. The SMILES string of the molecule is CC1(C)CC(=O)C(/C=N/N2CCCCC2)=C(O)C1. The molecule has 2 rings (SSSR count). The number of hydrogen-bond acceptors (Lipinski definition) is 4. The highest BCUT2D eigenvalue weighted by Crippen LogP contribution is 2.35. The van der Waals surface area contributed by atoms with Gasteiger partial charge < -0.3 is 5.11 Å². The standard InChI is InChI=1S/C14H22N2O2/c1-14(2)8-12(17)11(13(18)9-14)10-15-16-6-4-3-5-7-16/h10,17H,3-9H2,1-2H3/b15-10+. The maximum atomic E-state index is 12.0. The summed E-state index contributed by atoms with van der Waals surface area (Å²) in [5.74, 6) is 0.196. The molecular weight excluding hydrogens is 228 g/mol. The van der Waals surface area contributed by atoms with Crippen molar-refractivity contribution in [1.82, 2.24) is 5.01 Å². The molecule has 0 bridgehead atoms. The summed E-state index contributed by atoms with van der Waals surface area (Å²) in [6.45, 7) is 5.90. The molecule has 0 unspecified atom stereocenters. The molecule has 1 N–H and O–H groups in total. The Bertz CT molecular complexity index is 391. The number of nitrogens with zero attached hydrogens (tertiary/aromatic N) is 2. The van der Waals surface area contributed by atoms with E-state index in [0.717, 1.165) is 25.9 Å². The predicted octanol–water partition coefficient (Wildman–Crippen LogP) is 2.66. The first-order chi connectivity index (χ1) is 8.48. The fraction of sp³-hybridized carbons (Fsp3) is 0.714. The van der Waals surface area contributed by atoms with E-state index in [-0.39, 0.29) is 17.0 Å². The number of hydrogen-bond donors (Lipinski definition) is 1. The summed E-state index contributed by atoms with van der Waals surface area (Å²) in [5.41, 5.74) is 0.267. The van der Waals surface area contributed by atoms with Crippen molar-refractivity contribution in [3.8, 4) is 0 Å². The van der Waals surface area contributed by atoms with E-state index in [4.69, 9.17) is 0 Å². The summed E-state index contributed by atoms with van der Waals surface area (Å²) in [4.78, 5) is 12.0. The van der Waals surface area contributed by atoms with Crippen LogP contribution in [0.5, 0.6) is 0 Å². The Labute approximate surface area is 108 Å². The van der Waals surface area contributed by atoms with E-state index in [1.807, 2.05) is 18.9 Å². The molecule has 100 valence electrons. The Balaban J connectivity index is 2.07. The van der Waals surface area contributed by atoms with Crippen LogP contribution in [0.25, 0.3) is 0 Å². The highest BCUT2D eigenvalue weighted by Gasteiger charge is 2.32. The molecule has 18 heavy (non-hydrogen) atoms. The van der Waals surface area contributed by atoms with Gasteiger partial charge in [-0.2, -0.15) is 5.10 Å². The smallest absolute Gasteiger partial charge is 0.168 e. The van der Waals surface area contributed by atoms with Gasteiger partial charge in [-0.3, -0.25) is 9.80 Å². The summed E-state index contributed by atoms with van der Waals surface area (Å²) in [5, 5.41) is 16.3. The first-order valence-corrected chi connectivity index (χ1v) is 6.72. The summed E-state index contributed by atoms with van der Waals surface area (Å²) in [6, 6.07) is 0. The van der Waals surface area contributed by atoms with E-state index in [2.05, 4.69) is 5.10 Å². The van der Waals surface area contributed by atoms with Gasteiger partial charge in [0.25, 0.3) is 0 Å². The van der Waals surface area contributed by atoms with Crippen LogP contribution < -0.4 is 0 Å². The normalized spacial score (nSPS) is 25.0. The quantitative estimate of drug-likeness (QED) is 0.767. The van der Waals surface area contributed by atoms with Gasteiger partial charge >= 0.3 is 0 Å². The molecule has 0 aromatic heterocycles. The van der Waals surface area contributed by atoms with Crippen LogP contribution in [0, 0.1) is 5.41 Å². The van der Waals surface area contributed by atoms with Gasteiger partial charge in [0.15, 0.2) is 5.78 Å². The number of aliphatic hydroxyl groups excluding tert-OH is 1. The van der Waals surface area contributed by atoms with Gasteiger partial charge in [-0.1, -0.05) is 13.8 Å². The van der Waals surface area contributed by atoms with Crippen molar-refractivity contribution in [2.45, 2.75) is 46.0 Å². The monoisotopic (exact) mass is 250 g/mol. The molecule has 1 fully saturated rings. The number of hydrazone groups is 1. The minimum atomic E-state index is -0.135. The molecule has 1 aliphatic heterocycles. The van der Waals surface area contributed by atoms with Gasteiger partial charge in [-0.05, 0) is 24.7 Å². The second kappa shape index (κ2) is 5.12. The third-order valence-electron chi connectivity index (χ3n) is 3.58. The maximum Gasteiger partial charge on any atom is 0.168 e. The molecule has 0 aromatic carbocycles. The first kappa shape index (κ1) is 13.1. The summed E-state index contributed by atoms with van der Waals surface area (Å²) in [6.07, 6.45) is 6.16. The summed E-state index contributed by atoms with van der Waals surface area (Å²) < 4.78 is 0. The predicted molar refractivity (Wildman–Crippen MR) is 71.6 cm³/mol. The molecule has 0 spiro atoms. The summed E-state index contributed by atoms with van der Waals surface area (Å²) in [7, 11) is 0. The zero-order valence-corrected chi connectivity index (χ0v) is 11.3. The zero-order valence-electron chi connectivity index (χ0n) is 11.3. The van der Waals surface area contributed by atoms with Gasteiger partial charge in [0.1, 0.15) is 5.76 Å². The minimum Gasteiger partial charge on any atom is -0.511 e. The molecule has 1 aliphatic carbocycles. The van der Waals surface area contributed by atoms with Crippen molar-refractivity contribution in [3.05, 3.63) is 11.3 Å². The first-order valence-electron chi connectivity index (χ1n) is 6.72. The van der Waals surface area contributed by atoms with Crippen LogP contribution in [0.3, 0.4) is 0 Å². The molecule has 2 aliphatic rings. The van der Waals surface area contributed by atoms with Crippen molar-refractivity contribution in [2.24, 2.45) is 10.5 Å². The van der Waals surface area contributed by atoms with Crippen molar-refractivity contribution < 1.29 is 9.90 Å². The summed E-state index contributed by atoms with van der Waals surface area (Å²) >= 11 is 0. The largest absolute Gasteiger partial charge is 0.511 e. The number of ketones is 1. The zero-order chi connectivity index (χ0) is 13.2. The molecule has 0 aromatic rings. The van der Waals surface area contributed by atoms with Gasteiger partial charge in [0.2, 0.25) is 0 Å². The van der Waals surface area contributed by atoms with Crippen molar-refractivity contribution in [1.29, 1.82) is 0 Å². The number of piperidine rings is 1.